The Morgan fingerprint density at radius 3 is 2.06 bits per heavy atom. The lowest BCUT2D eigenvalue weighted by Gasteiger charge is -2.37. The molecule has 0 saturated heterocycles. The van der Waals surface area contributed by atoms with Gasteiger partial charge in [0.15, 0.2) is 0 Å². The first-order chi connectivity index (χ1) is 8.26. The molecule has 17 heavy (non-hydrogen) atoms. The SMILES string of the molecule is CCCC[N+](CC)(CC)CCc1ccccc1. The summed E-state index contributed by atoms with van der Waals surface area (Å²) in [6.45, 7) is 12.1. The maximum Gasteiger partial charge on any atom is 0.0827 e. The molecule has 0 aliphatic carbocycles. The molecule has 0 bridgehead atoms. The molecule has 0 heterocycles. The molecule has 0 aliphatic rings. The van der Waals surface area contributed by atoms with Crippen molar-refractivity contribution >= 4 is 0 Å². The highest BCUT2D eigenvalue weighted by atomic mass is 15.3. The number of likely N-dealkylation sites (N-methyl/N-ethyl adjacent to an activating group) is 1. The molecule has 1 aromatic carbocycles. The maximum atomic E-state index is 2.34. The summed E-state index contributed by atoms with van der Waals surface area (Å²) in [5.41, 5.74) is 1.48. The highest BCUT2D eigenvalue weighted by Gasteiger charge is 2.21. The van der Waals surface area contributed by atoms with Crippen LogP contribution in [0, 0.1) is 0 Å². The van der Waals surface area contributed by atoms with Crippen molar-refractivity contribution in [1.29, 1.82) is 0 Å². The van der Waals surface area contributed by atoms with Gasteiger partial charge in [0.2, 0.25) is 0 Å². The largest absolute Gasteiger partial charge is 0.324 e. The van der Waals surface area contributed by atoms with Gasteiger partial charge in [0.05, 0.1) is 26.2 Å². The smallest absolute Gasteiger partial charge is 0.0827 e. The molecule has 1 heteroatoms. The molecular formula is C16H28N+. The minimum absolute atomic E-state index is 1.21. The Morgan fingerprint density at radius 2 is 1.53 bits per heavy atom. The zero-order valence-corrected chi connectivity index (χ0v) is 11.8. The molecule has 0 fully saturated rings. The van der Waals surface area contributed by atoms with E-state index in [1.165, 1.54) is 55.5 Å². The van der Waals surface area contributed by atoms with Crippen LogP contribution in [0.15, 0.2) is 30.3 Å². The van der Waals surface area contributed by atoms with Gasteiger partial charge in [0, 0.05) is 6.42 Å². The van der Waals surface area contributed by atoms with E-state index in [0.717, 1.165) is 0 Å². The molecule has 96 valence electrons. The fourth-order valence-electron chi connectivity index (χ4n) is 2.47. The van der Waals surface area contributed by atoms with Crippen LogP contribution >= 0.6 is 0 Å². The molecule has 0 aromatic heterocycles. The normalized spacial score (nSPS) is 11.7. The average Bonchev–Trinajstić information content (AvgIpc) is 2.41. The van der Waals surface area contributed by atoms with Crippen molar-refractivity contribution in [3.05, 3.63) is 35.9 Å². The molecule has 0 aliphatic heterocycles. The van der Waals surface area contributed by atoms with E-state index in [-0.39, 0.29) is 0 Å². The van der Waals surface area contributed by atoms with Crippen molar-refractivity contribution in [2.75, 3.05) is 26.2 Å². The van der Waals surface area contributed by atoms with Crippen molar-refractivity contribution in [3.8, 4) is 0 Å². The van der Waals surface area contributed by atoms with Crippen LogP contribution in [0.3, 0.4) is 0 Å². The maximum absolute atomic E-state index is 2.34. The predicted octanol–water partition coefficient (Wildman–Crippen LogP) is 3.89. The van der Waals surface area contributed by atoms with E-state index < -0.39 is 0 Å². The summed E-state index contributed by atoms with van der Waals surface area (Å²) >= 11 is 0. The third-order valence-corrected chi connectivity index (χ3v) is 4.05. The number of rotatable bonds is 8. The van der Waals surface area contributed by atoms with E-state index in [9.17, 15) is 0 Å². The van der Waals surface area contributed by atoms with E-state index in [2.05, 4.69) is 51.1 Å². The Hall–Kier alpha value is -0.820. The molecule has 0 spiro atoms. The van der Waals surface area contributed by atoms with Crippen LogP contribution in [-0.4, -0.2) is 30.7 Å². The van der Waals surface area contributed by atoms with Gasteiger partial charge in [-0.15, -0.1) is 0 Å². The Kier molecular flexibility index (Phi) is 6.28. The van der Waals surface area contributed by atoms with Gasteiger partial charge in [-0.25, -0.2) is 0 Å². The van der Waals surface area contributed by atoms with Crippen LogP contribution in [0.1, 0.15) is 39.2 Å². The molecule has 0 N–H and O–H groups in total. The summed E-state index contributed by atoms with van der Waals surface area (Å²) in [4.78, 5) is 0. The molecule has 1 nitrogen and oxygen atoms in total. The van der Waals surface area contributed by atoms with Gasteiger partial charge in [0.25, 0.3) is 0 Å². The predicted molar refractivity (Wildman–Crippen MR) is 76.1 cm³/mol. The van der Waals surface area contributed by atoms with Gasteiger partial charge in [-0.3, -0.25) is 0 Å². The first kappa shape index (κ1) is 14.2. The van der Waals surface area contributed by atoms with Crippen LogP contribution in [0.5, 0.6) is 0 Å². The van der Waals surface area contributed by atoms with Gasteiger partial charge in [-0.05, 0) is 25.8 Å². The zero-order valence-electron chi connectivity index (χ0n) is 11.8. The van der Waals surface area contributed by atoms with Crippen molar-refractivity contribution in [2.24, 2.45) is 0 Å². The second-order valence-corrected chi connectivity index (χ2v) is 5.01. The molecular weight excluding hydrogens is 206 g/mol. The number of unbranched alkanes of at least 4 members (excludes halogenated alkanes) is 1. The number of nitrogens with zero attached hydrogens (tertiary/aromatic N) is 1. The van der Waals surface area contributed by atoms with Gasteiger partial charge >= 0.3 is 0 Å². The first-order valence-electron chi connectivity index (χ1n) is 7.15. The van der Waals surface area contributed by atoms with Crippen LogP contribution < -0.4 is 0 Å². The van der Waals surface area contributed by atoms with E-state index in [4.69, 9.17) is 0 Å². The van der Waals surface area contributed by atoms with E-state index in [1.54, 1.807) is 0 Å². The fourth-order valence-corrected chi connectivity index (χ4v) is 2.47. The third kappa shape index (κ3) is 4.51. The van der Waals surface area contributed by atoms with Gasteiger partial charge in [-0.2, -0.15) is 0 Å². The van der Waals surface area contributed by atoms with Crippen LogP contribution in [0.4, 0.5) is 0 Å². The Labute approximate surface area is 107 Å². The van der Waals surface area contributed by atoms with Crippen molar-refractivity contribution in [3.63, 3.8) is 0 Å². The van der Waals surface area contributed by atoms with E-state index in [0.29, 0.717) is 0 Å². The Bertz CT molecular complexity index is 288. The highest BCUT2D eigenvalue weighted by Crippen LogP contribution is 2.12. The lowest BCUT2D eigenvalue weighted by molar-refractivity contribution is -0.925. The molecule has 0 unspecified atom stereocenters. The lowest BCUT2D eigenvalue weighted by atomic mass is 10.1. The molecule has 0 amide bonds. The Morgan fingerprint density at radius 1 is 0.882 bits per heavy atom. The standard InChI is InChI=1S/C16H28N/c1-4-7-14-17(5-2,6-3)15-13-16-11-9-8-10-12-16/h8-12H,4-7,13-15H2,1-3H3/q+1. The Balaban J connectivity index is 2.54. The van der Waals surface area contributed by atoms with Crippen molar-refractivity contribution in [1.82, 2.24) is 0 Å². The molecule has 0 radical (unpaired) electrons. The summed E-state index contributed by atoms with van der Waals surface area (Å²) in [6.07, 6.45) is 3.88. The third-order valence-electron chi connectivity index (χ3n) is 4.05. The van der Waals surface area contributed by atoms with Gasteiger partial charge in [-0.1, -0.05) is 43.7 Å². The van der Waals surface area contributed by atoms with Crippen molar-refractivity contribution < 1.29 is 4.48 Å². The molecule has 1 rings (SSSR count). The monoisotopic (exact) mass is 234 g/mol. The summed E-state index contributed by atoms with van der Waals surface area (Å²) in [5, 5.41) is 0. The topological polar surface area (TPSA) is 0 Å². The van der Waals surface area contributed by atoms with Crippen LogP contribution in [0.2, 0.25) is 0 Å². The quantitative estimate of drug-likeness (QED) is 0.599. The fraction of sp³-hybridized carbons (Fsp3) is 0.625. The first-order valence-corrected chi connectivity index (χ1v) is 7.15. The second-order valence-electron chi connectivity index (χ2n) is 5.01. The average molecular weight is 234 g/mol. The van der Waals surface area contributed by atoms with Crippen LogP contribution in [-0.2, 0) is 6.42 Å². The van der Waals surface area contributed by atoms with Gasteiger partial charge < -0.3 is 4.48 Å². The number of hydrogen-bond acceptors (Lipinski definition) is 0. The van der Waals surface area contributed by atoms with Crippen molar-refractivity contribution in [2.45, 2.75) is 40.0 Å². The summed E-state index contributed by atoms with van der Waals surface area (Å²) in [6, 6.07) is 10.9. The number of hydrogen-bond donors (Lipinski definition) is 0. The number of quaternary nitrogens is 1. The second kappa shape index (κ2) is 7.50. The summed E-state index contributed by atoms with van der Waals surface area (Å²) in [5.74, 6) is 0. The minimum Gasteiger partial charge on any atom is -0.324 e. The zero-order chi connectivity index (χ0) is 12.6. The van der Waals surface area contributed by atoms with Crippen LogP contribution in [0.25, 0.3) is 0 Å². The van der Waals surface area contributed by atoms with E-state index in [1.807, 2.05) is 0 Å². The lowest BCUT2D eigenvalue weighted by Crippen LogP contribution is -2.49. The molecule has 0 saturated carbocycles. The molecule has 1 aromatic rings. The number of benzene rings is 1. The summed E-state index contributed by atoms with van der Waals surface area (Å²) in [7, 11) is 0. The highest BCUT2D eigenvalue weighted by molar-refractivity contribution is 5.14. The van der Waals surface area contributed by atoms with E-state index >= 15 is 0 Å². The molecule has 0 atom stereocenters. The minimum atomic E-state index is 1.21. The summed E-state index contributed by atoms with van der Waals surface area (Å²) < 4.78 is 1.28. The van der Waals surface area contributed by atoms with Gasteiger partial charge in [0.1, 0.15) is 0 Å².